The fourth-order valence-corrected chi connectivity index (χ4v) is 4.96. The number of benzene rings is 1. The van der Waals surface area contributed by atoms with Crippen LogP contribution in [0.1, 0.15) is 6.92 Å². The summed E-state index contributed by atoms with van der Waals surface area (Å²) < 4.78 is 27.1. The number of hydrogen-bond acceptors (Lipinski definition) is 3. The molecule has 4 nitrogen and oxygen atoms in total. The maximum absolute atomic E-state index is 12.6. The molecule has 0 aromatic heterocycles. The van der Waals surface area contributed by atoms with Crippen molar-refractivity contribution in [2.45, 2.75) is 17.9 Å². The van der Waals surface area contributed by atoms with Crippen molar-refractivity contribution in [2.75, 3.05) is 19.6 Å². The molecule has 1 atom stereocenters. The predicted octanol–water partition coefficient (Wildman–Crippen LogP) is 2.08. The van der Waals surface area contributed by atoms with E-state index in [1.54, 1.807) is 12.1 Å². The summed E-state index contributed by atoms with van der Waals surface area (Å²) in [6, 6.07) is 4.68. The largest absolute Gasteiger partial charge is 0.314 e. The molecule has 1 aliphatic rings. The van der Waals surface area contributed by atoms with Crippen LogP contribution in [0.2, 0.25) is 5.02 Å². The Morgan fingerprint density at radius 2 is 2.22 bits per heavy atom. The van der Waals surface area contributed by atoms with Crippen molar-refractivity contribution in [1.29, 1.82) is 0 Å². The van der Waals surface area contributed by atoms with Crippen molar-refractivity contribution in [1.82, 2.24) is 9.62 Å². The summed E-state index contributed by atoms with van der Waals surface area (Å²) in [4.78, 5) is 0.264. The van der Waals surface area contributed by atoms with Gasteiger partial charge in [-0.05, 0) is 41.1 Å². The van der Waals surface area contributed by atoms with Gasteiger partial charge in [-0.15, -0.1) is 0 Å². The summed E-state index contributed by atoms with van der Waals surface area (Å²) in [6.07, 6.45) is 0. The maximum Gasteiger partial charge on any atom is 0.244 e. The van der Waals surface area contributed by atoms with Gasteiger partial charge in [-0.1, -0.05) is 11.6 Å². The van der Waals surface area contributed by atoms with Gasteiger partial charge in [0.2, 0.25) is 10.0 Å². The average Bonchev–Trinajstić information content (AvgIpc) is 2.28. The fraction of sp³-hybridized carbons (Fsp3) is 0.455. The minimum absolute atomic E-state index is 0.0497. The smallest absolute Gasteiger partial charge is 0.244 e. The SMILES string of the molecule is CC1CNCCN1S(=O)(=O)c1ccc(Cl)cc1Br. The van der Waals surface area contributed by atoms with Gasteiger partial charge in [0.15, 0.2) is 0 Å². The first-order valence-electron chi connectivity index (χ1n) is 5.60. The zero-order valence-electron chi connectivity index (χ0n) is 9.86. The summed E-state index contributed by atoms with van der Waals surface area (Å²) in [7, 11) is -3.47. The topological polar surface area (TPSA) is 49.4 Å². The number of rotatable bonds is 2. The van der Waals surface area contributed by atoms with E-state index in [2.05, 4.69) is 21.2 Å². The van der Waals surface area contributed by atoms with Crippen LogP contribution in [0.4, 0.5) is 0 Å². The zero-order valence-corrected chi connectivity index (χ0v) is 13.0. The van der Waals surface area contributed by atoms with E-state index in [-0.39, 0.29) is 10.9 Å². The summed E-state index contributed by atoms with van der Waals surface area (Å²) in [5.74, 6) is 0. The van der Waals surface area contributed by atoms with Crippen LogP contribution in [-0.4, -0.2) is 38.4 Å². The van der Waals surface area contributed by atoms with Gasteiger partial charge in [-0.3, -0.25) is 0 Å². The molecule has 0 saturated carbocycles. The molecule has 100 valence electrons. The van der Waals surface area contributed by atoms with Crippen molar-refractivity contribution in [3.63, 3.8) is 0 Å². The third-order valence-electron chi connectivity index (χ3n) is 2.92. The quantitative estimate of drug-likeness (QED) is 0.885. The van der Waals surface area contributed by atoms with Gasteiger partial charge in [0, 0.05) is 35.2 Å². The highest BCUT2D eigenvalue weighted by Gasteiger charge is 2.32. The Labute approximate surface area is 120 Å². The van der Waals surface area contributed by atoms with E-state index in [0.29, 0.717) is 29.1 Å². The Kier molecular flexibility index (Phi) is 4.33. The van der Waals surface area contributed by atoms with E-state index in [4.69, 9.17) is 11.6 Å². The molecule has 1 saturated heterocycles. The van der Waals surface area contributed by atoms with Gasteiger partial charge in [-0.2, -0.15) is 4.31 Å². The van der Waals surface area contributed by atoms with Crippen LogP contribution >= 0.6 is 27.5 Å². The second kappa shape index (κ2) is 5.46. The molecule has 1 aromatic carbocycles. The van der Waals surface area contributed by atoms with Crippen molar-refractivity contribution >= 4 is 37.6 Å². The number of piperazine rings is 1. The van der Waals surface area contributed by atoms with Gasteiger partial charge in [0.05, 0.1) is 4.90 Å². The molecule has 1 N–H and O–H groups in total. The Morgan fingerprint density at radius 1 is 1.50 bits per heavy atom. The van der Waals surface area contributed by atoms with E-state index in [9.17, 15) is 8.42 Å². The van der Waals surface area contributed by atoms with E-state index in [1.807, 2.05) is 6.92 Å². The number of sulfonamides is 1. The second-order valence-electron chi connectivity index (χ2n) is 4.24. The van der Waals surface area contributed by atoms with Crippen LogP contribution in [0.25, 0.3) is 0 Å². The van der Waals surface area contributed by atoms with Crippen LogP contribution in [0.3, 0.4) is 0 Å². The summed E-state index contributed by atoms with van der Waals surface area (Å²) in [5, 5.41) is 3.68. The molecule has 1 heterocycles. The molecular weight excluding hydrogens is 340 g/mol. The molecule has 0 radical (unpaired) electrons. The van der Waals surface area contributed by atoms with Gasteiger partial charge in [-0.25, -0.2) is 8.42 Å². The molecule has 7 heteroatoms. The number of hydrogen-bond donors (Lipinski definition) is 1. The lowest BCUT2D eigenvalue weighted by atomic mass is 10.3. The minimum Gasteiger partial charge on any atom is -0.314 e. The third kappa shape index (κ3) is 2.72. The Morgan fingerprint density at radius 3 is 2.83 bits per heavy atom. The lowest BCUT2D eigenvalue weighted by Crippen LogP contribution is -2.52. The second-order valence-corrected chi connectivity index (χ2v) is 7.39. The average molecular weight is 354 g/mol. The zero-order chi connectivity index (χ0) is 13.3. The standard InChI is InChI=1S/C11H14BrClN2O2S/c1-8-7-14-4-5-15(8)18(16,17)11-3-2-9(13)6-10(11)12/h2-3,6,8,14H,4-5,7H2,1H3. The van der Waals surface area contributed by atoms with Crippen LogP contribution in [0.15, 0.2) is 27.6 Å². The molecule has 1 aliphatic heterocycles. The third-order valence-corrected chi connectivity index (χ3v) is 6.15. The maximum atomic E-state index is 12.6. The van der Waals surface area contributed by atoms with Gasteiger partial charge >= 0.3 is 0 Å². The van der Waals surface area contributed by atoms with Crippen molar-refractivity contribution in [3.05, 3.63) is 27.7 Å². The minimum atomic E-state index is -3.47. The highest BCUT2D eigenvalue weighted by molar-refractivity contribution is 9.10. The normalized spacial score (nSPS) is 22.1. The molecule has 1 unspecified atom stereocenters. The summed E-state index contributed by atoms with van der Waals surface area (Å²) in [5.41, 5.74) is 0. The molecule has 0 bridgehead atoms. The summed E-state index contributed by atoms with van der Waals surface area (Å²) in [6.45, 7) is 3.73. The first-order valence-corrected chi connectivity index (χ1v) is 8.21. The van der Waals surface area contributed by atoms with E-state index in [1.165, 1.54) is 10.4 Å². The highest BCUT2D eigenvalue weighted by Crippen LogP contribution is 2.29. The van der Waals surface area contributed by atoms with Gasteiger partial charge in [0.25, 0.3) is 0 Å². The lowest BCUT2D eigenvalue weighted by molar-refractivity contribution is 0.283. The molecule has 1 fully saturated rings. The van der Waals surface area contributed by atoms with Crippen LogP contribution in [0.5, 0.6) is 0 Å². The fourth-order valence-electron chi connectivity index (χ4n) is 1.99. The Balaban J connectivity index is 2.41. The predicted molar refractivity (Wildman–Crippen MR) is 75.4 cm³/mol. The van der Waals surface area contributed by atoms with Crippen LogP contribution in [-0.2, 0) is 10.0 Å². The van der Waals surface area contributed by atoms with Gasteiger partial charge < -0.3 is 5.32 Å². The van der Waals surface area contributed by atoms with Crippen LogP contribution < -0.4 is 5.32 Å². The van der Waals surface area contributed by atoms with Gasteiger partial charge in [0.1, 0.15) is 0 Å². The van der Waals surface area contributed by atoms with E-state index < -0.39 is 10.0 Å². The van der Waals surface area contributed by atoms with Crippen molar-refractivity contribution < 1.29 is 8.42 Å². The van der Waals surface area contributed by atoms with E-state index in [0.717, 1.165) is 0 Å². The first-order chi connectivity index (χ1) is 8.43. The molecular formula is C11H14BrClN2O2S. The number of nitrogens with zero attached hydrogens (tertiary/aromatic N) is 1. The lowest BCUT2D eigenvalue weighted by Gasteiger charge is -2.33. The monoisotopic (exact) mass is 352 g/mol. The Bertz CT molecular complexity index is 550. The van der Waals surface area contributed by atoms with E-state index >= 15 is 0 Å². The molecule has 0 aliphatic carbocycles. The molecule has 1 aromatic rings. The molecule has 0 spiro atoms. The Hall–Kier alpha value is -0.140. The first kappa shape index (κ1) is 14.3. The summed E-state index contributed by atoms with van der Waals surface area (Å²) >= 11 is 9.10. The number of halogens is 2. The highest BCUT2D eigenvalue weighted by atomic mass is 79.9. The molecule has 18 heavy (non-hydrogen) atoms. The molecule has 0 amide bonds. The number of nitrogens with one attached hydrogen (secondary N) is 1. The van der Waals surface area contributed by atoms with Crippen molar-refractivity contribution in [2.24, 2.45) is 0 Å². The molecule has 2 rings (SSSR count). The van der Waals surface area contributed by atoms with Crippen molar-refractivity contribution in [3.8, 4) is 0 Å². The van der Waals surface area contributed by atoms with Crippen LogP contribution in [0, 0.1) is 0 Å².